The van der Waals surface area contributed by atoms with E-state index in [9.17, 15) is 14.4 Å². The first-order chi connectivity index (χ1) is 15.1. The second kappa shape index (κ2) is 9.76. The predicted octanol–water partition coefficient (Wildman–Crippen LogP) is 2.82. The Balaban J connectivity index is 1.65. The molecular weight excluding hydrogens is 404 g/mol. The van der Waals surface area contributed by atoms with Crippen molar-refractivity contribution in [3.8, 4) is 0 Å². The molecule has 2 heterocycles. The van der Waals surface area contributed by atoms with E-state index in [-0.39, 0.29) is 29.4 Å². The van der Waals surface area contributed by atoms with E-state index in [1.54, 1.807) is 4.90 Å². The van der Waals surface area contributed by atoms with Gasteiger partial charge in [-0.05, 0) is 58.1 Å². The van der Waals surface area contributed by atoms with Crippen LogP contribution in [-0.2, 0) is 15.0 Å². The van der Waals surface area contributed by atoms with E-state index in [2.05, 4.69) is 17.2 Å². The van der Waals surface area contributed by atoms with Gasteiger partial charge in [0.05, 0.1) is 5.41 Å². The molecule has 174 valence electrons. The third-order valence-electron chi connectivity index (χ3n) is 6.46. The Morgan fingerprint density at radius 2 is 1.59 bits per heavy atom. The average molecular weight is 441 g/mol. The fourth-order valence-electron chi connectivity index (χ4n) is 4.59. The monoisotopic (exact) mass is 440 g/mol. The maximum absolute atomic E-state index is 13.6. The van der Waals surface area contributed by atoms with Crippen LogP contribution in [-0.4, -0.2) is 65.4 Å². The summed E-state index contributed by atoms with van der Waals surface area (Å²) in [5.74, 6) is -0.0695. The van der Waals surface area contributed by atoms with Crippen LogP contribution in [0.4, 0.5) is 4.79 Å². The first-order valence-corrected chi connectivity index (χ1v) is 11.5. The molecule has 2 saturated heterocycles. The SMILES string of the molecule is C=CC(=O)N1CCC(C(=O)NC2CCN(C(=O)NC(C)(C)C)CC2)(c2ccccc2)CC1. The number of nitrogens with one attached hydrogen (secondary N) is 2. The van der Waals surface area contributed by atoms with E-state index in [1.807, 2.05) is 56.0 Å². The van der Waals surface area contributed by atoms with Crippen LogP contribution < -0.4 is 10.6 Å². The summed E-state index contributed by atoms with van der Waals surface area (Å²) in [4.78, 5) is 41.7. The van der Waals surface area contributed by atoms with Crippen LogP contribution in [0.15, 0.2) is 43.0 Å². The number of rotatable bonds is 4. The average Bonchev–Trinajstić information content (AvgIpc) is 2.78. The number of amides is 4. The van der Waals surface area contributed by atoms with Crippen molar-refractivity contribution < 1.29 is 14.4 Å². The number of nitrogens with zero attached hydrogens (tertiary/aromatic N) is 2. The molecule has 0 spiro atoms. The molecule has 7 nitrogen and oxygen atoms in total. The van der Waals surface area contributed by atoms with Gasteiger partial charge in [-0.1, -0.05) is 36.9 Å². The summed E-state index contributed by atoms with van der Waals surface area (Å²) in [5.41, 5.74) is 0.0663. The summed E-state index contributed by atoms with van der Waals surface area (Å²) in [5, 5.41) is 6.27. The first-order valence-electron chi connectivity index (χ1n) is 11.5. The smallest absolute Gasteiger partial charge is 0.317 e. The van der Waals surface area contributed by atoms with Gasteiger partial charge in [0, 0.05) is 37.8 Å². The van der Waals surface area contributed by atoms with E-state index in [0.29, 0.717) is 39.0 Å². The second-order valence-corrected chi connectivity index (χ2v) is 9.89. The molecule has 0 aliphatic carbocycles. The third kappa shape index (κ3) is 5.50. The molecule has 2 fully saturated rings. The Labute approximate surface area is 191 Å². The second-order valence-electron chi connectivity index (χ2n) is 9.89. The standard InChI is InChI=1S/C25H36N4O3/c1-5-21(30)28-17-13-25(14-18-28,19-9-7-6-8-10-19)22(31)26-20-11-15-29(16-12-20)23(32)27-24(2,3)4/h5-10,20H,1,11-18H2,2-4H3,(H,26,31)(H,27,32). The molecule has 0 radical (unpaired) electrons. The lowest BCUT2D eigenvalue weighted by molar-refractivity contribution is -0.134. The van der Waals surface area contributed by atoms with Gasteiger partial charge >= 0.3 is 6.03 Å². The summed E-state index contributed by atoms with van der Waals surface area (Å²) in [6, 6.07) is 9.85. The molecule has 4 amide bonds. The Morgan fingerprint density at radius 3 is 2.12 bits per heavy atom. The predicted molar refractivity (Wildman–Crippen MR) is 125 cm³/mol. The maximum Gasteiger partial charge on any atom is 0.317 e. The summed E-state index contributed by atoms with van der Waals surface area (Å²) in [7, 11) is 0. The van der Waals surface area contributed by atoms with E-state index in [1.165, 1.54) is 6.08 Å². The molecule has 0 atom stereocenters. The lowest BCUT2D eigenvalue weighted by Crippen LogP contribution is -2.57. The van der Waals surface area contributed by atoms with Gasteiger partial charge in [0.25, 0.3) is 0 Å². The van der Waals surface area contributed by atoms with Crippen LogP contribution in [0, 0.1) is 0 Å². The number of likely N-dealkylation sites (tertiary alicyclic amines) is 2. The molecule has 32 heavy (non-hydrogen) atoms. The fraction of sp³-hybridized carbons (Fsp3) is 0.560. The highest BCUT2D eigenvalue weighted by molar-refractivity contribution is 5.90. The highest BCUT2D eigenvalue weighted by Gasteiger charge is 2.44. The number of hydrogen-bond acceptors (Lipinski definition) is 3. The largest absolute Gasteiger partial charge is 0.352 e. The van der Waals surface area contributed by atoms with Crippen molar-refractivity contribution in [2.24, 2.45) is 0 Å². The molecule has 3 rings (SSSR count). The minimum Gasteiger partial charge on any atom is -0.352 e. The Kier molecular flexibility index (Phi) is 7.26. The Morgan fingerprint density at radius 1 is 1.00 bits per heavy atom. The number of hydrogen-bond donors (Lipinski definition) is 2. The molecule has 1 aromatic carbocycles. The molecule has 1 aromatic rings. The van der Waals surface area contributed by atoms with Gasteiger partial charge < -0.3 is 20.4 Å². The minimum absolute atomic E-state index is 0.0204. The van der Waals surface area contributed by atoms with Gasteiger partial charge in [0.15, 0.2) is 0 Å². The van der Waals surface area contributed by atoms with E-state index < -0.39 is 5.41 Å². The Hall–Kier alpha value is -2.83. The highest BCUT2D eigenvalue weighted by atomic mass is 16.2. The minimum atomic E-state index is -0.653. The van der Waals surface area contributed by atoms with Crippen molar-refractivity contribution in [2.45, 2.75) is 63.5 Å². The number of benzene rings is 1. The van der Waals surface area contributed by atoms with Crippen molar-refractivity contribution in [3.63, 3.8) is 0 Å². The van der Waals surface area contributed by atoms with Crippen LogP contribution >= 0.6 is 0 Å². The fourth-order valence-corrected chi connectivity index (χ4v) is 4.59. The van der Waals surface area contributed by atoms with Crippen LogP contribution in [0.25, 0.3) is 0 Å². The maximum atomic E-state index is 13.6. The number of carbonyl (C=O) groups is 3. The molecule has 0 unspecified atom stereocenters. The normalized spacial score (nSPS) is 19.2. The van der Waals surface area contributed by atoms with Crippen molar-refractivity contribution in [2.75, 3.05) is 26.2 Å². The summed E-state index contributed by atoms with van der Waals surface area (Å²) in [6.45, 7) is 11.8. The summed E-state index contributed by atoms with van der Waals surface area (Å²) in [6.07, 6.45) is 3.95. The number of urea groups is 1. The molecule has 0 aromatic heterocycles. The van der Waals surface area contributed by atoms with Gasteiger partial charge in [0.2, 0.25) is 11.8 Å². The van der Waals surface area contributed by atoms with Crippen LogP contribution in [0.5, 0.6) is 0 Å². The lowest BCUT2D eigenvalue weighted by Gasteiger charge is -2.42. The third-order valence-corrected chi connectivity index (χ3v) is 6.46. The zero-order valence-corrected chi connectivity index (χ0v) is 19.5. The van der Waals surface area contributed by atoms with Gasteiger partial charge in [-0.2, -0.15) is 0 Å². The summed E-state index contributed by atoms with van der Waals surface area (Å²) < 4.78 is 0. The van der Waals surface area contributed by atoms with Crippen molar-refractivity contribution in [1.29, 1.82) is 0 Å². The topological polar surface area (TPSA) is 81.8 Å². The van der Waals surface area contributed by atoms with Crippen molar-refractivity contribution in [1.82, 2.24) is 20.4 Å². The first kappa shape index (κ1) is 23.8. The van der Waals surface area contributed by atoms with E-state index in [4.69, 9.17) is 0 Å². The van der Waals surface area contributed by atoms with Crippen LogP contribution in [0.2, 0.25) is 0 Å². The van der Waals surface area contributed by atoms with Crippen molar-refractivity contribution >= 4 is 17.8 Å². The summed E-state index contributed by atoms with van der Waals surface area (Å²) >= 11 is 0. The van der Waals surface area contributed by atoms with E-state index >= 15 is 0 Å². The van der Waals surface area contributed by atoms with Crippen LogP contribution in [0.3, 0.4) is 0 Å². The molecule has 7 heteroatoms. The quantitative estimate of drug-likeness (QED) is 0.707. The van der Waals surface area contributed by atoms with Gasteiger partial charge in [-0.25, -0.2) is 4.79 Å². The van der Waals surface area contributed by atoms with Gasteiger partial charge in [0.1, 0.15) is 0 Å². The molecule has 0 bridgehead atoms. The number of piperidine rings is 2. The Bertz CT molecular complexity index is 830. The van der Waals surface area contributed by atoms with E-state index in [0.717, 1.165) is 18.4 Å². The zero-order chi connectivity index (χ0) is 23.4. The van der Waals surface area contributed by atoms with Crippen LogP contribution in [0.1, 0.15) is 52.0 Å². The lowest BCUT2D eigenvalue weighted by atomic mass is 9.71. The number of carbonyl (C=O) groups excluding carboxylic acids is 3. The van der Waals surface area contributed by atoms with Gasteiger partial charge in [-0.15, -0.1) is 0 Å². The van der Waals surface area contributed by atoms with Gasteiger partial charge in [-0.3, -0.25) is 9.59 Å². The molecular formula is C25H36N4O3. The molecule has 0 saturated carbocycles. The highest BCUT2D eigenvalue weighted by Crippen LogP contribution is 2.36. The molecule has 2 N–H and O–H groups in total. The molecule has 2 aliphatic rings. The molecule has 2 aliphatic heterocycles. The zero-order valence-electron chi connectivity index (χ0n) is 19.5. The van der Waals surface area contributed by atoms with Crippen molar-refractivity contribution in [3.05, 3.63) is 48.6 Å².